The highest BCUT2D eigenvalue weighted by atomic mass is 79.9. The Morgan fingerprint density at radius 3 is 2.39 bits per heavy atom. The van der Waals surface area contributed by atoms with Crippen molar-refractivity contribution < 1.29 is 21.6 Å². The van der Waals surface area contributed by atoms with Crippen LogP contribution in [-0.4, -0.2) is 58.2 Å². The van der Waals surface area contributed by atoms with Gasteiger partial charge in [0, 0.05) is 20.1 Å². The van der Waals surface area contributed by atoms with Crippen molar-refractivity contribution in [1.82, 2.24) is 9.62 Å². The van der Waals surface area contributed by atoms with Crippen LogP contribution in [0.2, 0.25) is 0 Å². The first-order valence-electron chi connectivity index (χ1n) is 6.84. The molecule has 1 amide bonds. The number of thiophene rings is 1. The van der Waals surface area contributed by atoms with E-state index in [-0.39, 0.29) is 30.1 Å². The Hall–Kier alpha value is -0.490. The second kappa shape index (κ2) is 7.18. The monoisotopic (exact) mass is 444 g/mol. The van der Waals surface area contributed by atoms with Gasteiger partial charge < -0.3 is 5.32 Å². The standard InChI is InChI=1S/C12H17BrN2O5S3/c1-14-11(16)8-22(17,18)9-4-6-15(7-5-9)23(19,20)12-3-2-10(13)21-12/h2-3,9H,4-8H2,1H3,(H,14,16). The predicted octanol–water partition coefficient (Wildman–Crippen LogP) is 0.825. The Morgan fingerprint density at radius 2 is 1.91 bits per heavy atom. The van der Waals surface area contributed by atoms with Gasteiger partial charge in [-0.3, -0.25) is 4.79 Å². The smallest absolute Gasteiger partial charge is 0.252 e. The summed E-state index contributed by atoms with van der Waals surface area (Å²) in [6.07, 6.45) is 0.399. The predicted molar refractivity (Wildman–Crippen MR) is 91.7 cm³/mol. The van der Waals surface area contributed by atoms with Crippen LogP contribution < -0.4 is 5.32 Å². The molecule has 0 spiro atoms. The van der Waals surface area contributed by atoms with E-state index in [9.17, 15) is 21.6 Å². The lowest BCUT2D eigenvalue weighted by Crippen LogP contribution is -2.44. The molecule has 7 nitrogen and oxygen atoms in total. The van der Waals surface area contributed by atoms with Gasteiger partial charge in [-0.05, 0) is 40.9 Å². The van der Waals surface area contributed by atoms with Gasteiger partial charge in [0.2, 0.25) is 5.91 Å². The van der Waals surface area contributed by atoms with Crippen molar-refractivity contribution in [3.8, 4) is 0 Å². The number of piperidine rings is 1. The molecule has 0 radical (unpaired) electrons. The zero-order valence-corrected chi connectivity index (χ0v) is 16.4. The molecule has 2 heterocycles. The molecule has 1 aliphatic rings. The molecule has 11 heteroatoms. The molecular formula is C12H17BrN2O5S3. The van der Waals surface area contributed by atoms with Gasteiger partial charge in [-0.1, -0.05) is 0 Å². The topological polar surface area (TPSA) is 101 Å². The van der Waals surface area contributed by atoms with Gasteiger partial charge in [-0.15, -0.1) is 11.3 Å². The fourth-order valence-corrected chi connectivity index (χ4v) is 7.68. The number of amides is 1. The molecule has 0 bridgehead atoms. The van der Waals surface area contributed by atoms with E-state index in [1.54, 1.807) is 6.07 Å². The third-order valence-corrected chi connectivity index (χ3v) is 9.80. The Balaban J connectivity index is 2.05. The van der Waals surface area contributed by atoms with Crippen molar-refractivity contribution in [3.05, 3.63) is 15.9 Å². The molecule has 0 aliphatic carbocycles. The summed E-state index contributed by atoms with van der Waals surface area (Å²) in [5, 5.41) is 1.61. The highest BCUT2D eigenvalue weighted by Crippen LogP contribution is 2.30. The Kier molecular flexibility index (Phi) is 5.88. The first kappa shape index (κ1) is 18.8. The largest absolute Gasteiger partial charge is 0.358 e. The zero-order chi connectivity index (χ0) is 17.3. The molecule has 1 saturated heterocycles. The lowest BCUT2D eigenvalue weighted by atomic mass is 10.2. The van der Waals surface area contributed by atoms with Crippen LogP contribution in [0.1, 0.15) is 12.8 Å². The summed E-state index contributed by atoms with van der Waals surface area (Å²) in [7, 11) is -5.77. The molecule has 1 aromatic rings. The van der Waals surface area contributed by atoms with Gasteiger partial charge in [0.25, 0.3) is 10.0 Å². The maximum Gasteiger partial charge on any atom is 0.252 e. The third kappa shape index (κ3) is 4.32. The van der Waals surface area contributed by atoms with E-state index in [1.165, 1.54) is 17.4 Å². The van der Waals surface area contributed by atoms with Crippen LogP contribution in [0.5, 0.6) is 0 Å². The maximum absolute atomic E-state index is 12.5. The average molecular weight is 445 g/mol. The molecule has 1 aromatic heterocycles. The van der Waals surface area contributed by atoms with Crippen LogP contribution in [0, 0.1) is 0 Å². The van der Waals surface area contributed by atoms with E-state index in [4.69, 9.17) is 0 Å². The fourth-order valence-electron chi connectivity index (χ4n) is 2.37. The van der Waals surface area contributed by atoms with E-state index in [2.05, 4.69) is 21.2 Å². The number of halogens is 1. The lowest BCUT2D eigenvalue weighted by molar-refractivity contribution is -0.118. The molecular weight excluding hydrogens is 428 g/mol. The number of carbonyl (C=O) groups is 1. The molecule has 2 rings (SSSR count). The fraction of sp³-hybridized carbons (Fsp3) is 0.583. The number of hydrogen-bond donors (Lipinski definition) is 1. The van der Waals surface area contributed by atoms with Gasteiger partial charge >= 0.3 is 0 Å². The van der Waals surface area contributed by atoms with Gasteiger partial charge in [0.05, 0.1) is 9.04 Å². The van der Waals surface area contributed by atoms with Gasteiger partial charge in [-0.25, -0.2) is 16.8 Å². The van der Waals surface area contributed by atoms with E-state index in [0.717, 1.165) is 15.1 Å². The quantitative estimate of drug-likeness (QED) is 0.724. The van der Waals surface area contributed by atoms with Gasteiger partial charge in [-0.2, -0.15) is 4.31 Å². The highest BCUT2D eigenvalue weighted by Gasteiger charge is 2.36. The maximum atomic E-state index is 12.5. The van der Waals surface area contributed by atoms with Gasteiger partial charge in [0.15, 0.2) is 9.84 Å². The van der Waals surface area contributed by atoms with E-state index in [0.29, 0.717) is 0 Å². The summed E-state index contributed by atoms with van der Waals surface area (Å²) in [6.45, 7) is 0.269. The molecule has 0 saturated carbocycles. The van der Waals surface area contributed by atoms with E-state index >= 15 is 0 Å². The molecule has 130 valence electrons. The Labute approximate surface area is 148 Å². The Morgan fingerprint density at radius 1 is 1.30 bits per heavy atom. The SMILES string of the molecule is CNC(=O)CS(=O)(=O)C1CCN(S(=O)(=O)c2ccc(Br)s2)CC1. The molecule has 1 N–H and O–H groups in total. The summed E-state index contributed by atoms with van der Waals surface area (Å²) in [6, 6.07) is 3.19. The van der Waals surface area contributed by atoms with Crippen LogP contribution >= 0.6 is 27.3 Å². The first-order chi connectivity index (χ1) is 10.7. The summed E-state index contributed by atoms with van der Waals surface area (Å²) >= 11 is 4.35. The number of hydrogen-bond acceptors (Lipinski definition) is 6. The first-order valence-corrected chi connectivity index (χ1v) is 11.6. The lowest BCUT2D eigenvalue weighted by Gasteiger charge is -2.30. The van der Waals surface area contributed by atoms with Crippen LogP contribution in [0.4, 0.5) is 0 Å². The molecule has 0 atom stereocenters. The second-order valence-corrected chi connectivity index (χ2v) is 12.1. The average Bonchev–Trinajstić information content (AvgIpc) is 2.94. The zero-order valence-electron chi connectivity index (χ0n) is 12.4. The van der Waals surface area contributed by atoms with Crippen molar-refractivity contribution in [2.75, 3.05) is 25.9 Å². The Bertz CT molecular complexity index is 779. The number of rotatable bonds is 5. The molecule has 1 aliphatic heterocycles. The third-order valence-electron chi connectivity index (χ3n) is 3.66. The molecule has 23 heavy (non-hydrogen) atoms. The van der Waals surface area contributed by atoms with E-state index in [1.807, 2.05) is 0 Å². The van der Waals surface area contributed by atoms with Crippen LogP contribution in [-0.2, 0) is 24.7 Å². The number of sulfonamides is 1. The number of nitrogens with zero attached hydrogens (tertiary/aromatic N) is 1. The minimum atomic E-state index is -3.59. The van der Waals surface area contributed by atoms with Crippen LogP contribution in [0.25, 0.3) is 0 Å². The number of sulfone groups is 1. The summed E-state index contributed by atoms with van der Waals surface area (Å²) in [5.41, 5.74) is 0. The molecule has 0 unspecified atom stereocenters. The van der Waals surface area contributed by atoms with Crippen LogP contribution in [0.3, 0.4) is 0 Å². The molecule has 1 fully saturated rings. The minimum absolute atomic E-state index is 0.134. The normalized spacial score (nSPS) is 18.0. The van der Waals surface area contributed by atoms with Gasteiger partial charge in [0.1, 0.15) is 9.96 Å². The number of carbonyl (C=O) groups excluding carboxylic acids is 1. The second-order valence-electron chi connectivity index (χ2n) is 5.14. The minimum Gasteiger partial charge on any atom is -0.358 e. The number of nitrogens with one attached hydrogen (secondary N) is 1. The highest BCUT2D eigenvalue weighted by molar-refractivity contribution is 9.11. The van der Waals surface area contributed by atoms with Crippen LogP contribution in [0.15, 0.2) is 20.1 Å². The van der Waals surface area contributed by atoms with Crippen molar-refractivity contribution in [2.24, 2.45) is 0 Å². The van der Waals surface area contributed by atoms with Crippen molar-refractivity contribution >= 4 is 53.0 Å². The van der Waals surface area contributed by atoms with Crippen molar-refractivity contribution in [1.29, 1.82) is 0 Å². The molecule has 0 aromatic carbocycles. The summed E-state index contributed by atoms with van der Waals surface area (Å²) in [4.78, 5) is 11.3. The summed E-state index contributed by atoms with van der Waals surface area (Å²) in [5.74, 6) is -1.11. The summed E-state index contributed by atoms with van der Waals surface area (Å²) < 4.78 is 51.5. The van der Waals surface area contributed by atoms with E-state index < -0.39 is 36.8 Å². The van der Waals surface area contributed by atoms with Crippen molar-refractivity contribution in [2.45, 2.75) is 22.3 Å². The van der Waals surface area contributed by atoms with Crippen molar-refractivity contribution in [3.63, 3.8) is 0 Å².